The van der Waals surface area contributed by atoms with Gasteiger partial charge in [-0.3, -0.25) is 14.9 Å². The summed E-state index contributed by atoms with van der Waals surface area (Å²) < 4.78 is 27.6. The van der Waals surface area contributed by atoms with E-state index in [-0.39, 0.29) is 28.1 Å². The van der Waals surface area contributed by atoms with Crippen molar-refractivity contribution in [1.29, 1.82) is 0 Å². The van der Waals surface area contributed by atoms with Crippen LogP contribution in [0.3, 0.4) is 0 Å². The molecule has 0 spiro atoms. The molecule has 0 atom stereocenters. The fourth-order valence-electron chi connectivity index (χ4n) is 3.30. The predicted molar refractivity (Wildman–Crippen MR) is 108 cm³/mol. The fourth-order valence-corrected chi connectivity index (χ4v) is 4.62. The molecule has 0 aliphatic carbocycles. The highest BCUT2D eigenvalue weighted by Gasteiger charge is 2.28. The molecule has 1 aliphatic heterocycles. The van der Waals surface area contributed by atoms with Crippen LogP contribution in [0.1, 0.15) is 23.2 Å². The van der Waals surface area contributed by atoms with Crippen LogP contribution >= 0.6 is 0 Å². The summed E-state index contributed by atoms with van der Waals surface area (Å²) in [4.78, 5) is 25.2. The molecular formula is C19H22N4O5S. The lowest BCUT2D eigenvalue weighted by Crippen LogP contribution is -2.46. The van der Waals surface area contributed by atoms with Crippen molar-refractivity contribution < 1.29 is 18.1 Å². The van der Waals surface area contributed by atoms with Gasteiger partial charge in [0.25, 0.3) is 11.6 Å². The molecule has 1 heterocycles. The Morgan fingerprint density at radius 3 is 2.38 bits per heavy atom. The summed E-state index contributed by atoms with van der Waals surface area (Å²) in [6, 6.07) is 12.0. The van der Waals surface area contributed by atoms with Crippen molar-refractivity contribution in [3.05, 3.63) is 64.2 Å². The van der Waals surface area contributed by atoms with Gasteiger partial charge in [-0.25, -0.2) is 13.1 Å². The minimum Gasteiger partial charge on any atom is -0.387 e. The number of benzene rings is 2. The van der Waals surface area contributed by atoms with E-state index in [9.17, 15) is 23.3 Å². The zero-order chi connectivity index (χ0) is 21.0. The van der Waals surface area contributed by atoms with E-state index < -0.39 is 14.9 Å². The number of nitrogens with zero attached hydrogens (tertiary/aromatic N) is 2. The molecule has 3 rings (SSSR count). The first-order valence-corrected chi connectivity index (χ1v) is 10.6. The van der Waals surface area contributed by atoms with Crippen molar-refractivity contribution in [2.75, 3.05) is 25.5 Å². The minimum atomic E-state index is -3.61. The third kappa shape index (κ3) is 4.72. The molecule has 0 bridgehead atoms. The summed E-state index contributed by atoms with van der Waals surface area (Å²) in [5.41, 5.74) is 0.579. The molecule has 1 fully saturated rings. The van der Waals surface area contributed by atoms with Gasteiger partial charge in [0, 0.05) is 44.0 Å². The second-order valence-electron chi connectivity index (χ2n) is 6.74. The van der Waals surface area contributed by atoms with Crippen LogP contribution in [0.4, 0.5) is 11.4 Å². The van der Waals surface area contributed by atoms with Crippen molar-refractivity contribution in [3.8, 4) is 0 Å². The number of carbonyl (C=O) groups excluding carboxylic acids is 1. The van der Waals surface area contributed by atoms with E-state index >= 15 is 0 Å². The second kappa shape index (κ2) is 8.58. The molecule has 2 aromatic carbocycles. The first-order valence-electron chi connectivity index (χ1n) is 9.14. The predicted octanol–water partition coefficient (Wildman–Crippen LogP) is 2.22. The van der Waals surface area contributed by atoms with E-state index in [1.54, 1.807) is 30.1 Å². The molecule has 0 aromatic heterocycles. The Labute approximate surface area is 168 Å². The summed E-state index contributed by atoms with van der Waals surface area (Å²) >= 11 is 0. The van der Waals surface area contributed by atoms with Crippen molar-refractivity contribution >= 4 is 27.3 Å². The fraction of sp³-hybridized carbons (Fsp3) is 0.316. The molecule has 0 saturated carbocycles. The third-order valence-corrected chi connectivity index (χ3v) is 6.41. The van der Waals surface area contributed by atoms with E-state index in [1.165, 1.54) is 30.3 Å². The number of nitro groups is 1. The van der Waals surface area contributed by atoms with Gasteiger partial charge in [0.2, 0.25) is 10.0 Å². The second-order valence-corrected chi connectivity index (χ2v) is 8.45. The number of carbonyl (C=O) groups is 1. The average molecular weight is 418 g/mol. The van der Waals surface area contributed by atoms with Gasteiger partial charge in [-0.05, 0) is 31.0 Å². The maximum Gasteiger partial charge on any atom is 0.270 e. The number of non-ortho nitro benzene ring substituents is 1. The van der Waals surface area contributed by atoms with Gasteiger partial charge in [-0.2, -0.15) is 0 Å². The summed E-state index contributed by atoms with van der Waals surface area (Å²) in [6.45, 7) is 0.708. The number of hydrogen-bond acceptors (Lipinski definition) is 6. The van der Waals surface area contributed by atoms with E-state index in [2.05, 4.69) is 10.0 Å². The first-order chi connectivity index (χ1) is 13.8. The summed E-state index contributed by atoms with van der Waals surface area (Å²) in [6.07, 6.45) is 0.920. The summed E-state index contributed by atoms with van der Waals surface area (Å²) in [5.74, 6) is -0.317. The number of amides is 1. The lowest BCUT2D eigenvalue weighted by molar-refractivity contribution is -0.384. The number of hydrogen-bond donors (Lipinski definition) is 2. The van der Waals surface area contributed by atoms with Crippen molar-refractivity contribution in [2.45, 2.75) is 23.8 Å². The Bertz CT molecular complexity index is 1000. The van der Waals surface area contributed by atoms with Crippen LogP contribution in [0.5, 0.6) is 0 Å². The van der Waals surface area contributed by atoms with Crippen LogP contribution in [0.25, 0.3) is 0 Å². The zero-order valence-electron chi connectivity index (χ0n) is 15.9. The van der Waals surface area contributed by atoms with Gasteiger partial charge in [0.15, 0.2) is 0 Å². The van der Waals surface area contributed by atoms with Gasteiger partial charge >= 0.3 is 0 Å². The molecule has 29 heavy (non-hydrogen) atoms. The summed E-state index contributed by atoms with van der Waals surface area (Å²) in [5, 5.41) is 13.9. The first kappa shape index (κ1) is 20.7. The number of anilines is 1. The maximum absolute atomic E-state index is 12.9. The lowest BCUT2D eigenvalue weighted by atomic mass is 10.0. The van der Waals surface area contributed by atoms with E-state index in [4.69, 9.17) is 0 Å². The number of rotatable bonds is 6. The Morgan fingerprint density at radius 2 is 1.79 bits per heavy atom. The van der Waals surface area contributed by atoms with Gasteiger partial charge in [-0.1, -0.05) is 18.2 Å². The largest absolute Gasteiger partial charge is 0.387 e. The number of piperidine rings is 1. The third-order valence-electron chi connectivity index (χ3n) is 4.87. The smallest absolute Gasteiger partial charge is 0.270 e. The number of nitrogens with one attached hydrogen (secondary N) is 2. The van der Waals surface area contributed by atoms with Crippen LogP contribution in [-0.4, -0.2) is 50.3 Å². The number of sulfonamides is 1. The molecule has 0 radical (unpaired) electrons. The van der Waals surface area contributed by atoms with Crippen LogP contribution in [-0.2, 0) is 10.0 Å². The monoisotopic (exact) mass is 418 g/mol. The molecule has 2 aromatic rings. The molecular weight excluding hydrogens is 396 g/mol. The molecule has 1 amide bonds. The Morgan fingerprint density at radius 1 is 1.14 bits per heavy atom. The van der Waals surface area contributed by atoms with Gasteiger partial charge in [-0.15, -0.1) is 0 Å². The highest BCUT2D eigenvalue weighted by Crippen LogP contribution is 2.25. The minimum absolute atomic E-state index is 0.155. The van der Waals surface area contributed by atoms with E-state index in [0.29, 0.717) is 31.6 Å². The number of nitro benzene ring substituents is 1. The highest BCUT2D eigenvalue weighted by molar-refractivity contribution is 7.89. The van der Waals surface area contributed by atoms with Crippen molar-refractivity contribution in [1.82, 2.24) is 9.62 Å². The van der Waals surface area contributed by atoms with Gasteiger partial charge in [0.05, 0.1) is 15.4 Å². The molecule has 1 aliphatic rings. The molecule has 10 heteroatoms. The maximum atomic E-state index is 12.9. The highest BCUT2D eigenvalue weighted by atomic mass is 32.2. The van der Waals surface area contributed by atoms with E-state index in [1.807, 2.05) is 0 Å². The van der Waals surface area contributed by atoms with Gasteiger partial charge < -0.3 is 10.2 Å². The zero-order valence-corrected chi connectivity index (χ0v) is 16.7. The Balaban J connectivity index is 1.67. The molecule has 1 saturated heterocycles. The molecule has 0 unspecified atom stereocenters. The SMILES string of the molecule is CNc1ccc([N+](=O)[O-])cc1C(=O)N1CCC(NS(=O)(=O)c2ccccc2)CC1. The van der Waals surface area contributed by atoms with E-state index in [0.717, 1.165) is 0 Å². The molecule has 2 N–H and O–H groups in total. The quantitative estimate of drug-likeness (QED) is 0.548. The average Bonchev–Trinajstić information content (AvgIpc) is 2.73. The van der Waals surface area contributed by atoms with Crippen molar-refractivity contribution in [3.63, 3.8) is 0 Å². The van der Waals surface area contributed by atoms with Crippen molar-refractivity contribution in [2.24, 2.45) is 0 Å². The van der Waals surface area contributed by atoms with Crippen LogP contribution < -0.4 is 10.0 Å². The Kier molecular flexibility index (Phi) is 6.14. The standard InChI is InChI=1S/C19H22N4O5S/c1-20-18-8-7-15(23(25)26)13-17(18)19(24)22-11-9-14(10-12-22)21-29(27,28)16-5-3-2-4-6-16/h2-8,13-14,20-21H,9-12H2,1H3. The Hall–Kier alpha value is -2.98. The van der Waals surface area contributed by atoms with Crippen LogP contribution in [0, 0.1) is 10.1 Å². The molecule has 154 valence electrons. The van der Waals surface area contributed by atoms with Crippen LogP contribution in [0.15, 0.2) is 53.4 Å². The lowest BCUT2D eigenvalue weighted by Gasteiger charge is -2.32. The topological polar surface area (TPSA) is 122 Å². The normalized spacial score (nSPS) is 15.1. The number of likely N-dealkylation sites (tertiary alicyclic amines) is 1. The summed E-state index contributed by atoms with van der Waals surface area (Å²) in [7, 11) is -1.97. The molecule has 9 nitrogen and oxygen atoms in total. The van der Waals surface area contributed by atoms with Gasteiger partial charge in [0.1, 0.15) is 0 Å². The van der Waals surface area contributed by atoms with Crippen LogP contribution in [0.2, 0.25) is 0 Å².